The molecule has 1 fully saturated rings. The summed E-state index contributed by atoms with van der Waals surface area (Å²) in [5.74, 6) is 0.548. The van der Waals surface area contributed by atoms with E-state index in [9.17, 15) is 0 Å². The number of ether oxygens (including phenoxy) is 1. The van der Waals surface area contributed by atoms with Crippen molar-refractivity contribution in [3.63, 3.8) is 0 Å². The molecule has 3 atom stereocenters. The molecule has 0 radical (unpaired) electrons. The van der Waals surface area contributed by atoms with Crippen molar-refractivity contribution in [3.05, 3.63) is 33.9 Å². The van der Waals surface area contributed by atoms with Gasteiger partial charge in [0.15, 0.2) is 0 Å². The fourth-order valence-electron chi connectivity index (χ4n) is 2.92. The molecule has 18 heavy (non-hydrogen) atoms. The van der Waals surface area contributed by atoms with E-state index >= 15 is 0 Å². The first-order chi connectivity index (χ1) is 8.43. The predicted molar refractivity (Wildman–Crippen MR) is 77.5 cm³/mol. The fourth-order valence-corrected chi connectivity index (χ4v) is 3.57. The average Bonchev–Trinajstić information content (AvgIpc) is 2.73. The molecule has 1 aliphatic rings. The van der Waals surface area contributed by atoms with Gasteiger partial charge < -0.3 is 4.74 Å². The zero-order valence-corrected chi connectivity index (χ0v) is 12.8. The molecule has 2 heteroatoms. The molecule has 1 aromatic carbocycles. The summed E-state index contributed by atoms with van der Waals surface area (Å²) in [5, 5.41) is -0.0268. The number of hydrogen-bond donors (Lipinski definition) is 0. The first kappa shape index (κ1) is 13.9. The summed E-state index contributed by atoms with van der Waals surface area (Å²) in [7, 11) is 0. The molecule has 1 nitrogen and oxygen atoms in total. The minimum atomic E-state index is -0.0268. The minimum Gasteiger partial charge on any atom is -0.376 e. The highest BCUT2D eigenvalue weighted by Gasteiger charge is 2.33. The first-order valence-electron chi connectivity index (χ1n) is 6.76. The van der Waals surface area contributed by atoms with Crippen molar-refractivity contribution in [2.24, 2.45) is 5.92 Å². The molecular weight excluding hydrogens is 244 g/mol. The molecule has 3 unspecified atom stereocenters. The Balaban J connectivity index is 2.44. The Bertz CT molecular complexity index is 427. The second kappa shape index (κ2) is 5.22. The molecule has 0 aromatic heterocycles. The predicted octanol–water partition coefficient (Wildman–Crippen LogP) is 4.63. The van der Waals surface area contributed by atoms with Gasteiger partial charge in [0.25, 0.3) is 0 Å². The van der Waals surface area contributed by atoms with Crippen molar-refractivity contribution in [3.8, 4) is 0 Å². The Morgan fingerprint density at radius 2 is 1.72 bits per heavy atom. The lowest BCUT2D eigenvalue weighted by Gasteiger charge is -2.26. The smallest absolute Gasteiger partial charge is 0.0855 e. The number of aryl methyl sites for hydroxylation is 2. The van der Waals surface area contributed by atoms with E-state index in [-0.39, 0.29) is 11.5 Å². The summed E-state index contributed by atoms with van der Waals surface area (Å²) in [6, 6.07) is 2.25. The summed E-state index contributed by atoms with van der Waals surface area (Å²) in [6.07, 6.45) is 1.28. The van der Waals surface area contributed by atoms with Crippen molar-refractivity contribution < 1.29 is 4.74 Å². The number of halogens is 1. The van der Waals surface area contributed by atoms with Crippen molar-refractivity contribution >= 4 is 11.6 Å². The van der Waals surface area contributed by atoms with Crippen LogP contribution in [0.3, 0.4) is 0 Å². The monoisotopic (exact) mass is 266 g/mol. The second-order valence-electron chi connectivity index (χ2n) is 5.68. The lowest BCUT2D eigenvalue weighted by atomic mass is 9.88. The van der Waals surface area contributed by atoms with Gasteiger partial charge in [-0.15, -0.1) is 11.6 Å². The molecule has 0 N–H and O–H groups in total. The third-order valence-electron chi connectivity index (χ3n) is 4.43. The molecule has 1 heterocycles. The van der Waals surface area contributed by atoms with Gasteiger partial charge in [-0.2, -0.15) is 0 Å². The topological polar surface area (TPSA) is 9.23 Å². The van der Waals surface area contributed by atoms with Crippen LogP contribution in [0, 0.1) is 33.6 Å². The van der Waals surface area contributed by atoms with Gasteiger partial charge >= 0.3 is 0 Å². The normalized spacial score (nSPS) is 25.4. The van der Waals surface area contributed by atoms with Crippen LogP contribution < -0.4 is 0 Å². The van der Waals surface area contributed by atoms with Gasteiger partial charge in [-0.1, -0.05) is 13.0 Å². The Morgan fingerprint density at radius 3 is 2.17 bits per heavy atom. The van der Waals surface area contributed by atoms with Gasteiger partial charge in [0.2, 0.25) is 0 Å². The molecule has 0 spiro atoms. The van der Waals surface area contributed by atoms with Crippen molar-refractivity contribution in [1.29, 1.82) is 0 Å². The van der Waals surface area contributed by atoms with Crippen LogP contribution in [-0.2, 0) is 4.74 Å². The minimum absolute atomic E-state index is 0.0268. The van der Waals surface area contributed by atoms with Crippen molar-refractivity contribution in [2.45, 2.75) is 52.5 Å². The Hall–Kier alpha value is -0.530. The maximum absolute atomic E-state index is 6.74. The molecule has 1 saturated heterocycles. The first-order valence-corrected chi connectivity index (χ1v) is 7.20. The molecule has 0 bridgehead atoms. The van der Waals surface area contributed by atoms with Gasteiger partial charge in [-0.25, -0.2) is 0 Å². The maximum atomic E-state index is 6.74. The maximum Gasteiger partial charge on any atom is 0.0855 e. The quantitative estimate of drug-likeness (QED) is 0.710. The van der Waals surface area contributed by atoms with Gasteiger partial charge in [0.05, 0.1) is 11.5 Å². The van der Waals surface area contributed by atoms with Crippen LogP contribution in [0.2, 0.25) is 0 Å². The number of rotatable bonds is 2. The SMILES string of the molecule is Cc1cc(C)c(C)c(C(Cl)C2OCCC2C)c1C. The summed E-state index contributed by atoms with van der Waals surface area (Å²) >= 11 is 6.74. The summed E-state index contributed by atoms with van der Waals surface area (Å²) < 4.78 is 5.84. The highest BCUT2D eigenvalue weighted by molar-refractivity contribution is 6.21. The zero-order chi connectivity index (χ0) is 13.4. The Morgan fingerprint density at radius 1 is 1.17 bits per heavy atom. The van der Waals surface area contributed by atoms with Crippen LogP contribution in [0.5, 0.6) is 0 Å². The van der Waals surface area contributed by atoms with Gasteiger partial charge in [0, 0.05) is 6.61 Å². The fraction of sp³-hybridized carbons (Fsp3) is 0.625. The van der Waals surface area contributed by atoms with Crippen LogP contribution in [0.4, 0.5) is 0 Å². The standard InChI is InChI=1S/C16H23ClO/c1-9-6-7-18-16(9)15(17)14-12(4)10(2)8-11(3)13(14)5/h8-9,15-16H,6-7H2,1-5H3. The molecule has 0 saturated carbocycles. The Kier molecular flexibility index (Phi) is 4.03. The molecule has 0 aliphatic carbocycles. The molecule has 1 aliphatic heterocycles. The van der Waals surface area contributed by atoms with Crippen molar-refractivity contribution in [2.75, 3.05) is 6.61 Å². The van der Waals surface area contributed by atoms with E-state index < -0.39 is 0 Å². The lowest BCUT2D eigenvalue weighted by Crippen LogP contribution is -2.21. The average molecular weight is 267 g/mol. The number of alkyl halides is 1. The third kappa shape index (κ3) is 2.31. The van der Waals surface area contributed by atoms with E-state index in [1.165, 1.54) is 27.8 Å². The van der Waals surface area contributed by atoms with Crippen LogP contribution in [0.1, 0.15) is 46.5 Å². The van der Waals surface area contributed by atoms with Crippen LogP contribution in [0.15, 0.2) is 6.07 Å². The summed E-state index contributed by atoms with van der Waals surface area (Å²) in [4.78, 5) is 0. The molecule has 0 amide bonds. The van der Waals surface area contributed by atoms with E-state index in [2.05, 4.69) is 40.7 Å². The van der Waals surface area contributed by atoms with Gasteiger partial charge in [-0.3, -0.25) is 0 Å². The highest BCUT2D eigenvalue weighted by atomic mass is 35.5. The summed E-state index contributed by atoms with van der Waals surface area (Å²) in [5.41, 5.74) is 6.57. The van der Waals surface area contributed by atoms with Crippen molar-refractivity contribution in [1.82, 2.24) is 0 Å². The number of hydrogen-bond acceptors (Lipinski definition) is 1. The molecule has 1 aromatic rings. The second-order valence-corrected chi connectivity index (χ2v) is 6.15. The van der Waals surface area contributed by atoms with E-state index in [1.807, 2.05) is 0 Å². The molecular formula is C16H23ClO. The van der Waals surface area contributed by atoms with E-state index in [0.717, 1.165) is 13.0 Å². The largest absolute Gasteiger partial charge is 0.376 e. The van der Waals surface area contributed by atoms with Gasteiger partial charge in [-0.05, 0) is 67.9 Å². The zero-order valence-electron chi connectivity index (χ0n) is 12.0. The third-order valence-corrected chi connectivity index (χ3v) is 4.90. The lowest BCUT2D eigenvalue weighted by molar-refractivity contribution is 0.0900. The van der Waals surface area contributed by atoms with Crippen LogP contribution in [-0.4, -0.2) is 12.7 Å². The number of benzene rings is 1. The van der Waals surface area contributed by atoms with Crippen LogP contribution in [0.25, 0.3) is 0 Å². The molecule has 2 rings (SSSR count). The van der Waals surface area contributed by atoms with Crippen LogP contribution >= 0.6 is 11.6 Å². The summed E-state index contributed by atoms with van der Waals surface area (Å²) in [6.45, 7) is 11.7. The highest BCUT2D eigenvalue weighted by Crippen LogP contribution is 2.39. The van der Waals surface area contributed by atoms with E-state index in [4.69, 9.17) is 16.3 Å². The van der Waals surface area contributed by atoms with Gasteiger partial charge in [0.1, 0.15) is 0 Å². The van der Waals surface area contributed by atoms with E-state index in [0.29, 0.717) is 5.92 Å². The van der Waals surface area contributed by atoms with E-state index in [1.54, 1.807) is 0 Å². The Labute approximate surface area is 115 Å². The molecule has 100 valence electrons.